The highest BCUT2D eigenvalue weighted by molar-refractivity contribution is 5.84. The van der Waals surface area contributed by atoms with E-state index >= 15 is 0 Å². The summed E-state index contributed by atoms with van der Waals surface area (Å²) in [4.78, 5) is 38.9. The highest BCUT2D eigenvalue weighted by atomic mass is 16.7. The summed E-state index contributed by atoms with van der Waals surface area (Å²) in [5, 5.41) is 2.77. The summed E-state index contributed by atoms with van der Waals surface area (Å²) >= 11 is 0. The topological polar surface area (TPSA) is 94.2 Å². The van der Waals surface area contributed by atoms with E-state index in [1.54, 1.807) is 17.9 Å². The fraction of sp³-hybridized carbons (Fsp3) is 0.591. The van der Waals surface area contributed by atoms with Crippen molar-refractivity contribution in [1.29, 1.82) is 0 Å². The van der Waals surface area contributed by atoms with Crippen molar-refractivity contribution in [3.63, 3.8) is 0 Å². The Hall–Kier alpha value is -2.77. The van der Waals surface area contributed by atoms with Crippen LogP contribution in [0, 0.1) is 11.3 Å². The molecule has 1 saturated heterocycles. The molecule has 0 radical (unpaired) electrons. The molecule has 2 heterocycles. The molecule has 1 aromatic carbocycles. The number of hydrogen-bond donors (Lipinski definition) is 1. The molecule has 0 unspecified atom stereocenters. The van der Waals surface area contributed by atoms with Gasteiger partial charge in [0.2, 0.25) is 12.7 Å². The van der Waals surface area contributed by atoms with E-state index in [-0.39, 0.29) is 30.5 Å². The van der Waals surface area contributed by atoms with Crippen molar-refractivity contribution >= 4 is 17.8 Å². The van der Waals surface area contributed by atoms with Crippen LogP contribution in [0.25, 0.3) is 0 Å². The van der Waals surface area contributed by atoms with Crippen LogP contribution in [-0.4, -0.2) is 48.7 Å². The van der Waals surface area contributed by atoms with Crippen molar-refractivity contribution in [2.75, 3.05) is 19.9 Å². The molecule has 2 amide bonds. The number of benzene rings is 1. The monoisotopic (exact) mass is 418 g/mol. The maximum absolute atomic E-state index is 12.5. The van der Waals surface area contributed by atoms with Gasteiger partial charge in [-0.1, -0.05) is 26.8 Å². The third-order valence-electron chi connectivity index (χ3n) is 5.32. The summed E-state index contributed by atoms with van der Waals surface area (Å²) < 4.78 is 16.0. The van der Waals surface area contributed by atoms with Gasteiger partial charge in [0.25, 0.3) is 5.91 Å². The van der Waals surface area contributed by atoms with Crippen LogP contribution in [0.15, 0.2) is 18.2 Å². The largest absolute Gasteiger partial charge is 0.454 e. The van der Waals surface area contributed by atoms with Crippen LogP contribution in [0.3, 0.4) is 0 Å². The summed E-state index contributed by atoms with van der Waals surface area (Å²) in [6.07, 6.45) is 0.207. The fourth-order valence-electron chi connectivity index (χ4n) is 3.50. The fourth-order valence-corrected chi connectivity index (χ4v) is 3.50. The lowest BCUT2D eigenvalue weighted by Gasteiger charge is -2.35. The Kier molecular flexibility index (Phi) is 6.53. The number of nitrogens with one attached hydrogen (secondary N) is 1. The molecule has 1 fully saturated rings. The maximum atomic E-state index is 12.5. The van der Waals surface area contributed by atoms with E-state index in [9.17, 15) is 14.4 Å². The standard InChI is InChI=1S/C22H30N2O6/c1-14(19(25)23-12-15-5-6-17-18(11-15)29-13-28-17)30-20(26)16-7-9-24(10-8-16)21(27)22(2,3)4/h5-6,11,14,16H,7-10,12-13H2,1-4H3,(H,23,25)/t14-/m1/s1. The number of esters is 1. The zero-order chi connectivity index (χ0) is 21.9. The molecule has 3 rings (SSSR count). The van der Waals surface area contributed by atoms with Crippen molar-refractivity contribution in [2.24, 2.45) is 11.3 Å². The van der Waals surface area contributed by atoms with E-state index in [4.69, 9.17) is 14.2 Å². The summed E-state index contributed by atoms with van der Waals surface area (Å²) in [7, 11) is 0. The van der Waals surface area contributed by atoms with Gasteiger partial charge in [-0.2, -0.15) is 0 Å². The number of nitrogens with zero attached hydrogens (tertiary/aromatic N) is 1. The molecule has 1 aromatic rings. The lowest BCUT2D eigenvalue weighted by molar-refractivity contribution is -0.161. The number of piperidine rings is 1. The van der Waals surface area contributed by atoms with Gasteiger partial charge < -0.3 is 24.4 Å². The second-order valence-electron chi connectivity index (χ2n) is 8.80. The zero-order valence-corrected chi connectivity index (χ0v) is 18.0. The van der Waals surface area contributed by atoms with Gasteiger partial charge >= 0.3 is 5.97 Å². The van der Waals surface area contributed by atoms with Crippen LogP contribution < -0.4 is 14.8 Å². The number of ether oxygens (including phenoxy) is 3. The molecule has 8 heteroatoms. The lowest BCUT2D eigenvalue weighted by atomic mass is 9.91. The number of likely N-dealkylation sites (tertiary alicyclic amines) is 1. The first-order valence-corrected chi connectivity index (χ1v) is 10.3. The third kappa shape index (κ3) is 5.23. The van der Waals surface area contributed by atoms with Crippen LogP contribution in [-0.2, 0) is 25.7 Å². The van der Waals surface area contributed by atoms with Gasteiger partial charge in [0.1, 0.15) is 0 Å². The van der Waals surface area contributed by atoms with Crippen LogP contribution in [0.1, 0.15) is 46.1 Å². The van der Waals surface area contributed by atoms with Crippen LogP contribution in [0.4, 0.5) is 0 Å². The number of amides is 2. The molecular weight excluding hydrogens is 388 g/mol. The molecule has 2 aliphatic heterocycles. The van der Waals surface area contributed by atoms with Crippen LogP contribution in [0.2, 0.25) is 0 Å². The van der Waals surface area contributed by atoms with Gasteiger partial charge in [0.15, 0.2) is 17.6 Å². The number of fused-ring (bicyclic) bond motifs is 1. The molecule has 1 N–H and O–H groups in total. The van der Waals surface area contributed by atoms with Crippen molar-refractivity contribution in [2.45, 2.75) is 53.2 Å². The highest BCUT2D eigenvalue weighted by Gasteiger charge is 2.33. The Morgan fingerprint density at radius 2 is 1.83 bits per heavy atom. The average molecular weight is 418 g/mol. The van der Waals surface area contributed by atoms with Crippen molar-refractivity contribution in [3.05, 3.63) is 23.8 Å². The molecule has 164 valence electrons. The normalized spacial score (nSPS) is 17.4. The first-order chi connectivity index (χ1) is 14.1. The van der Waals surface area contributed by atoms with Crippen LogP contribution in [0.5, 0.6) is 11.5 Å². The molecular formula is C22H30N2O6. The van der Waals surface area contributed by atoms with E-state index in [1.165, 1.54) is 0 Å². The van der Waals surface area contributed by atoms with Crippen molar-refractivity contribution in [1.82, 2.24) is 10.2 Å². The Morgan fingerprint density at radius 3 is 2.50 bits per heavy atom. The lowest BCUT2D eigenvalue weighted by Crippen LogP contribution is -2.46. The van der Waals surface area contributed by atoms with Gasteiger partial charge in [-0.25, -0.2) is 0 Å². The number of rotatable bonds is 5. The van der Waals surface area contributed by atoms with E-state index in [1.807, 2.05) is 32.9 Å². The number of hydrogen-bond acceptors (Lipinski definition) is 6. The second kappa shape index (κ2) is 8.93. The highest BCUT2D eigenvalue weighted by Crippen LogP contribution is 2.32. The maximum Gasteiger partial charge on any atom is 0.309 e. The first kappa shape index (κ1) is 21.9. The minimum atomic E-state index is -0.888. The molecule has 8 nitrogen and oxygen atoms in total. The van der Waals surface area contributed by atoms with E-state index in [0.29, 0.717) is 44.0 Å². The van der Waals surface area contributed by atoms with Gasteiger partial charge in [0.05, 0.1) is 5.92 Å². The second-order valence-corrected chi connectivity index (χ2v) is 8.80. The molecule has 30 heavy (non-hydrogen) atoms. The zero-order valence-electron chi connectivity index (χ0n) is 18.0. The number of carbonyl (C=O) groups excluding carboxylic acids is 3. The summed E-state index contributed by atoms with van der Waals surface area (Å²) in [6, 6.07) is 5.45. The number of carbonyl (C=O) groups is 3. The molecule has 2 aliphatic rings. The van der Waals surface area contributed by atoms with Crippen molar-refractivity contribution < 1.29 is 28.6 Å². The average Bonchev–Trinajstić information content (AvgIpc) is 3.18. The van der Waals surface area contributed by atoms with Crippen LogP contribution >= 0.6 is 0 Å². The Balaban J connectivity index is 1.43. The molecule has 0 spiro atoms. The van der Waals surface area contributed by atoms with Gasteiger partial charge in [-0.15, -0.1) is 0 Å². The predicted molar refractivity (Wildman–Crippen MR) is 109 cm³/mol. The van der Waals surface area contributed by atoms with Gasteiger partial charge in [-0.05, 0) is 37.5 Å². The summed E-state index contributed by atoms with van der Waals surface area (Å²) in [6.45, 7) is 8.77. The SMILES string of the molecule is C[C@@H](OC(=O)C1CCN(C(=O)C(C)(C)C)CC1)C(=O)NCc1ccc2c(c1)OCO2. The van der Waals surface area contributed by atoms with Gasteiger partial charge in [-0.3, -0.25) is 14.4 Å². The molecule has 0 aromatic heterocycles. The Labute approximate surface area is 176 Å². The first-order valence-electron chi connectivity index (χ1n) is 10.3. The van der Waals surface area contributed by atoms with E-state index in [2.05, 4.69) is 5.32 Å². The van der Waals surface area contributed by atoms with E-state index < -0.39 is 11.5 Å². The summed E-state index contributed by atoms with van der Waals surface area (Å²) in [5.41, 5.74) is 0.430. The smallest absolute Gasteiger partial charge is 0.309 e. The Bertz CT molecular complexity index is 808. The van der Waals surface area contributed by atoms with Gasteiger partial charge in [0, 0.05) is 25.0 Å². The summed E-state index contributed by atoms with van der Waals surface area (Å²) in [5.74, 6) is 0.383. The quantitative estimate of drug-likeness (QED) is 0.737. The Morgan fingerprint density at radius 1 is 1.17 bits per heavy atom. The molecule has 0 saturated carbocycles. The molecule has 0 aliphatic carbocycles. The molecule has 0 bridgehead atoms. The minimum absolute atomic E-state index is 0.0885. The third-order valence-corrected chi connectivity index (χ3v) is 5.32. The van der Waals surface area contributed by atoms with Crippen molar-refractivity contribution in [3.8, 4) is 11.5 Å². The molecule has 1 atom stereocenters. The predicted octanol–water partition coefficient (Wildman–Crippen LogP) is 2.25. The van der Waals surface area contributed by atoms with E-state index in [0.717, 1.165) is 5.56 Å². The minimum Gasteiger partial charge on any atom is -0.454 e.